The largest absolute Gasteiger partial charge is 0.486 e. The fourth-order valence-electron chi connectivity index (χ4n) is 2.45. The van der Waals surface area contributed by atoms with Gasteiger partial charge in [-0.2, -0.15) is 0 Å². The van der Waals surface area contributed by atoms with Crippen LogP contribution in [0.15, 0.2) is 40.9 Å². The van der Waals surface area contributed by atoms with E-state index in [-0.39, 0.29) is 6.04 Å². The zero-order chi connectivity index (χ0) is 14.8. The lowest BCUT2D eigenvalue weighted by Crippen LogP contribution is -2.18. The highest BCUT2D eigenvalue weighted by Gasteiger charge is 2.18. The third kappa shape index (κ3) is 3.22. The molecule has 110 valence electrons. The minimum absolute atomic E-state index is 0.0853. The Hall–Kier alpha value is -1.52. The topological polar surface area (TPSA) is 44.5 Å². The summed E-state index contributed by atoms with van der Waals surface area (Å²) in [4.78, 5) is 0. The third-order valence-electron chi connectivity index (χ3n) is 3.64. The zero-order valence-corrected chi connectivity index (χ0v) is 13.5. The summed E-state index contributed by atoms with van der Waals surface area (Å²) in [5.41, 5.74) is 9.90. The quantitative estimate of drug-likeness (QED) is 0.918. The minimum Gasteiger partial charge on any atom is -0.486 e. The van der Waals surface area contributed by atoms with Crippen LogP contribution in [0.4, 0.5) is 0 Å². The summed E-state index contributed by atoms with van der Waals surface area (Å²) in [5, 5.41) is 0. The summed E-state index contributed by atoms with van der Waals surface area (Å²) in [6.07, 6.45) is 0.790. The lowest BCUT2D eigenvalue weighted by molar-refractivity contribution is 0.171. The smallest absolute Gasteiger partial charge is 0.162 e. The van der Waals surface area contributed by atoms with Gasteiger partial charge in [-0.05, 0) is 36.6 Å². The average Bonchev–Trinajstić information content (AvgIpc) is 2.49. The second kappa shape index (κ2) is 6.08. The molecule has 4 heteroatoms. The van der Waals surface area contributed by atoms with Crippen LogP contribution >= 0.6 is 15.9 Å². The van der Waals surface area contributed by atoms with E-state index in [0.29, 0.717) is 13.2 Å². The lowest BCUT2D eigenvalue weighted by atomic mass is 9.98. The van der Waals surface area contributed by atoms with Crippen molar-refractivity contribution in [1.82, 2.24) is 0 Å². The molecule has 2 aromatic carbocycles. The molecule has 0 fully saturated rings. The molecular weight excluding hydrogens is 330 g/mol. The van der Waals surface area contributed by atoms with E-state index in [2.05, 4.69) is 47.1 Å². The maximum atomic E-state index is 6.37. The Bertz CT molecular complexity index is 640. The first-order valence-corrected chi connectivity index (χ1v) is 7.83. The van der Waals surface area contributed by atoms with Gasteiger partial charge in [-0.15, -0.1) is 0 Å². The third-order valence-corrected chi connectivity index (χ3v) is 4.32. The molecule has 0 bridgehead atoms. The monoisotopic (exact) mass is 347 g/mol. The second-order valence-electron chi connectivity index (χ2n) is 5.31. The van der Waals surface area contributed by atoms with E-state index in [1.165, 1.54) is 11.1 Å². The molecule has 0 amide bonds. The van der Waals surface area contributed by atoms with Crippen molar-refractivity contribution in [1.29, 1.82) is 0 Å². The molecule has 0 aromatic heterocycles. The van der Waals surface area contributed by atoms with E-state index in [1.54, 1.807) is 0 Å². The highest BCUT2D eigenvalue weighted by molar-refractivity contribution is 9.10. The molecular formula is C17H18BrNO2. The standard InChI is InChI=1S/C17H18BrNO2/c1-11-2-4-12(5-3-11)8-15(19)13-9-16-17(10-14(13)18)21-7-6-20-16/h2-5,9-10,15H,6-8,19H2,1H3. The summed E-state index contributed by atoms with van der Waals surface area (Å²) in [6, 6.07) is 12.3. The van der Waals surface area contributed by atoms with Gasteiger partial charge in [0.15, 0.2) is 11.5 Å². The number of hydrogen-bond donors (Lipinski definition) is 1. The van der Waals surface area contributed by atoms with Gasteiger partial charge < -0.3 is 15.2 Å². The summed E-state index contributed by atoms with van der Waals surface area (Å²) in [7, 11) is 0. The van der Waals surface area contributed by atoms with Crippen LogP contribution in [0, 0.1) is 6.92 Å². The molecule has 0 aliphatic carbocycles. The molecule has 21 heavy (non-hydrogen) atoms. The van der Waals surface area contributed by atoms with Crippen LogP contribution in [0.2, 0.25) is 0 Å². The van der Waals surface area contributed by atoms with Crippen LogP contribution in [0.1, 0.15) is 22.7 Å². The molecule has 0 spiro atoms. The molecule has 0 saturated heterocycles. The molecule has 1 heterocycles. The summed E-state index contributed by atoms with van der Waals surface area (Å²) in [5.74, 6) is 1.55. The molecule has 0 saturated carbocycles. The molecule has 1 unspecified atom stereocenters. The Morgan fingerprint density at radius 2 is 1.71 bits per heavy atom. The molecule has 1 aliphatic rings. The first kappa shape index (κ1) is 14.4. The van der Waals surface area contributed by atoms with E-state index >= 15 is 0 Å². The summed E-state index contributed by atoms with van der Waals surface area (Å²) in [6.45, 7) is 3.26. The minimum atomic E-state index is -0.0853. The number of aryl methyl sites for hydroxylation is 1. The number of ether oxygens (including phenoxy) is 2. The van der Waals surface area contributed by atoms with E-state index in [1.807, 2.05) is 12.1 Å². The average molecular weight is 348 g/mol. The van der Waals surface area contributed by atoms with Gasteiger partial charge >= 0.3 is 0 Å². The predicted molar refractivity (Wildman–Crippen MR) is 86.9 cm³/mol. The molecule has 3 nitrogen and oxygen atoms in total. The molecule has 0 radical (unpaired) electrons. The molecule has 2 N–H and O–H groups in total. The van der Waals surface area contributed by atoms with Crippen LogP contribution < -0.4 is 15.2 Å². The predicted octanol–water partition coefficient (Wildman–Crippen LogP) is 3.77. The number of nitrogens with two attached hydrogens (primary N) is 1. The molecule has 2 aromatic rings. The number of hydrogen-bond acceptors (Lipinski definition) is 3. The van der Waals surface area contributed by atoms with Crippen LogP contribution in [0.5, 0.6) is 11.5 Å². The fraction of sp³-hybridized carbons (Fsp3) is 0.294. The highest BCUT2D eigenvalue weighted by Crippen LogP contribution is 2.38. The van der Waals surface area contributed by atoms with Gasteiger partial charge in [0.05, 0.1) is 0 Å². The van der Waals surface area contributed by atoms with E-state index in [0.717, 1.165) is 28.0 Å². The van der Waals surface area contributed by atoms with Crippen molar-refractivity contribution in [3.8, 4) is 11.5 Å². The fourth-order valence-corrected chi connectivity index (χ4v) is 3.07. The second-order valence-corrected chi connectivity index (χ2v) is 6.17. The molecule has 1 atom stereocenters. The van der Waals surface area contributed by atoms with Crippen molar-refractivity contribution in [3.05, 3.63) is 57.6 Å². The Morgan fingerprint density at radius 1 is 1.10 bits per heavy atom. The van der Waals surface area contributed by atoms with Crippen LogP contribution in [-0.2, 0) is 6.42 Å². The van der Waals surface area contributed by atoms with Gasteiger partial charge in [0.1, 0.15) is 13.2 Å². The van der Waals surface area contributed by atoms with Gasteiger partial charge in [-0.3, -0.25) is 0 Å². The Balaban J connectivity index is 1.83. The number of rotatable bonds is 3. The Kier molecular flexibility index (Phi) is 4.17. The van der Waals surface area contributed by atoms with E-state index in [4.69, 9.17) is 15.2 Å². The van der Waals surface area contributed by atoms with Gasteiger partial charge in [0, 0.05) is 10.5 Å². The lowest BCUT2D eigenvalue weighted by Gasteiger charge is -2.22. The normalized spacial score (nSPS) is 14.8. The number of benzene rings is 2. The molecule has 3 rings (SSSR count). The first-order valence-electron chi connectivity index (χ1n) is 7.03. The van der Waals surface area contributed by atoms with Crippen LogP contribution in [0.3, 0.4) is 0 Å². The van der Waals surface area contributed by atoms with Gasteiger partial charge in [0.2, 0.25) is 0 Å². The maximum Gasteiger partial charge on any atom is 0.162 e. The van der Waals surface area contributed by atoms with E-state index in [9.17, 15) is 0 Å². The van der Waals surface area contributed by atoms with Crippen molar-refractivity contribution >= 4 is 15.9 Å². The summed E-state index contributed by atoms with van der Waals surface area (Å²) >= 11 is 3.59. The van der Waals surface area contributed by atoms with Crippen molar-refractivity contribution in [2.24, 2.45) is 5.73 Å². The van der Waals surface area contributed by atoms with Gasteiger partial charge in [0.25, 0.3) is 0 Å². The molecule has 1 aliphatic heterocycles. The first-order chi connectivity index (χ1) is 10.1. The Labute approximate surface area is 133 Å². The number of fused-ring (bicyclic) bond motifs is 1. The van der Waals surface area contributed by atoms with Crippen molar-refractivity contribution < 1.29 is 9.47 Å². The van der Waals surface area contributed by atoms with Crippen LogP contribution in [-0.4, -0.2) is 13.2 Å². The zero-order valence-electron chi connectivity index (χ0n) is 11.9. The van der Waals surface area contributed by atoms with Gasteiger partial charge in [-0.1, -0.05) is 45.8 Å². The SMILES string of the molecule is Cc1ccc(CC(N)c2cc3c(cc2Br)OCCO3)cc1. The number of halogens is 1. The van der Waals surface area contributed by atoms with Crippen LogP contribution in [0.25, 0.3) is 0 Å². The van der Waals surface area contributed by atoms with Crippen molar-refractivity contribution in [2.75, 3.05) is 13.2 Å². The Morgan fingerprint density at radius 3 is 2.38 bits per heavy atom. The van der Waals surface area contributed by atoms with Crippen molar-refractivity contribution in [2.45, 2.75) is 19.4 Å². The van der Waals surface area contributed by atoms with Crippen molar-refractivity contribution in [3.63, 3.8) is 0 Å². The maximum absolute atomic E-state index is 6.37. The summed E-state index contributed by atoms with van der Waals surface area (Å²) < 4.78 is 12.2. The highest BCUT2D eigenvalue weighted by atomic mass is 79.9. The van der Waals surface area contributed by atoms with E-state index < -0.39 is 0 Å². The van der Waals surface area contributed by atoms with Gasteiger partial charge in [-0.25, -0.2) is 0 Å².